The molecule has 0 fully saturated rings. The molecule has 0 saturated heterocycles. The number of carboxylic acids is 1. The molecule has 0 aliphatic rings. The molecule has 0 spiro atoms. The normalized spacial score (nSPS) is 9.85. The van der Waals surface area contributed by atoms with Crippen LogP contribution in [0.4, 0.5) is 11.4 Å². The average Bonchev–Trinajstić information content (AvgIpc) is 2.41. The van der Waals surface area contributed by atoms with Gasteiger partial charge in [0.25, 0.3) is 0 Å². The Bertz CT molecular complexity index is 724. The van der Waals surface area contributed by atoms with Crippen molar-refractivity contribution >= 4 is 40.5 Å². The van der Waals surface area contributed by atoms with Crippen molar-refractivity contribution in [2.24, 2.45) is 0 Å². The van der Waals surface area contributed by atoms with Gasteiger partial charge in [0.2, 0.25) is 0 Å². The fourth-order valence-electron chi connectivity index (χ4n) is 1.66. The molecule has 0 atom stereocenters. The van der Waals surface area contributed by atoms with Crippen LogP contribution in [0, 0.1) is 11.3 Å². The number of aromatic carboxylic acids is 1. The van der Waals surface area contributed by atoms with E-state index < -0.39 is 5.97 Å². The van der Waals surface area contributed by atoms with E-state index in [-0.39, 0.29) is 5.56 Å². The van der Waals surface area contributed by atoms with Crippen molar-refractivity contribution < 1.29 is 9.90 Å². The second-order valence-electron chi connectivity index (χ2n) is 3.92. The van der Waals surface area contributed by atoms with Crippen LogP contribution in [0.1, 0.15) is 15.9 Å². The molecule has 0 bridgehead atoms. The number of hydrogen-bond acceptors (Lipinski definition) is 3. The first kappa shape index (κ1) is 14.2. The maximum atomic E-state index is 11.2. The minimum absolute atomic E-state index is 0.0152. The van der Waals surface area contributed by atoms with Crippen LogP contribution < -0.4 is 5.32 Å². The molecule has 2 aromatic carbocycles. The predicted octanol–water partition coefficient (Wildman–Crippen LogP) is 4.31. The summed E-state index contributed by atoms with van der Waals surface area (Å²) in [6.07, 6.45) is 0. The molecule has 0 unspecified atom stereocenters. The third-order valence-corrected chi connectivity index (χ3v) is 3.05. The molecule has 0 amide bonds. The molecular formula is C14H8Cl2N2O2. The van der Waals surface area contributed by atoms with E-state index in [4.69, 9.17) is 33.6 Å². The molecule has 100 valence electrons. The van der Waals surface area contributed by atoms with Gasteiger partial charge < -0.3 is 10.4 Å². The summed E-state index contributed by atoms with van der Waals surface area (Å²) in [5.74, 6) is -1.12. The number of hydrogen-bond donors (Lipinski definition) is 2. The van der Waals surface area contributed by atoms with Crippen LogP contribution >= 0.6 is 23.2 Å². The Morgan fingerprint density at radius 2 is 1.75 bits per heavy atom. The number of rotatable bonds is 3. The summed E-state index contributed by atoms with van der Waals surface area (Å²) < 4.78 is 0. The Balaban J connectivity index is 2.48. The van der Waals surface area contributed by atoms with Crippen LogP contribution in [0.3, 0.4) is 0 Å². The molecule has 0 saturated carbocycles. The van der Waals surface area contributed by atoms with E-state index in [1.165, 1.54) is 12.1 Å². The van der Waals surface area contributed by atoms with Crippen LogP contribution in [0.15, 0.2) is 36.4 Å². The molecule has 2 N–H and O–H groups in total. The smallest absolute Gasteiger partial charge is 0.337 e. The number of nitriles is 1. The largest absolute Gasteiger partial charge is 0.478 e. The summed E-state index contributed by atoms with van der Waals surface area (Å²) in [7, 11) is 0. The highest BCUT2D eigenvalue weighted by Crippen LogP contribution is 2.28. The fraction of sp³-hybridized carbons (Fsp3) is 0. The molecule has 0 aromatic heterocycles. The summed E-state index contributed by atoms with van der Waals surface area (Å²) in [4.78, 5) is 11.2. The first-order valence-corrected chi connectivity index (χ1v) is 6.26. The molecule has 20 heavy (non-hydrogen) atoms. The number of anilines is 2. The van der Waals surface area contributed by atoms with E-state index in [1.54, 1.807) is 24.3 Å². The summed E-state index contributed by atoms with van der Waals surface area (Å²) >= 11 is 11.7. The highest BCUT2D eigenvalue weighted by Gasteiger charge is 2.12. The van der Waals surface area contributed by atoms with E-state index in [2.05, 4.69) is 5.32 Å². The lowest BCUT2D eigenvalue weighted by Gasteiger charge is -2.11. The highest BCUT2D eigenvalue weighted by atomic mass is 35.5. The first-order chi connectivity index (χ1) is 9.51. The number of carbonyl (C=O) groups is 1. The van der Waals surface area contributed by atoms with Crippen molar-refractivity contribution in [2.75, 3.05) is 5.32 Å². The third-order valence-electron chi connectivity index (χ3n) is 2.58. The van der Waals surface area contributed by atoms with Gasteiger partial charge in [-0.1, -0.05) is 23.2 Å². The van der Waals surface area contributed by atoms with Gasteiger partial charge in [-0.3, -0.25) is 0 Å². The lowest BCUT2D eigenvalue weighted by molar-refractivity contribution is 0.0698. The Hall–Kier alpha value is -2.22. The van der Waals surface area contributed by atoms with Gasteiger partial charge in [0, 0.05) is 10.0 Å². The van der Waals surface area contributed by atoms with E-state index in [9.17, 15) is 4.79 Å². The second kappa shape index (κ2) is 5.83. The topological polar surface area (TPSA) is 73.1 Å². The first-order valence-electron chi connectivity index (χ1n) is 5.51. The SMILES string of the molecule is N#Cc1ccc(Cl)cc1Nc1ccc(Cl)cc1C(=O)O. The maximum absolute atomic E-state index is 11.2. The standard InChI is InChI=1S/C14H8Cl2N2O2/c15-9-3-4-12(11(5-9)14(19)20)18-13-6-10(16)2-1-8(13)7-17/h1-6,18H,(H,19,20). The van der Waals surface area contributed by atoms with Crippen molar-refractivity contribution in [1.29, 1.82) is 5.26 Å². The summed E-state index contributed by atoms with van der Waals surface area (Å²) in [5.41, 5.74) is 1.15. The molecule has 0 radical (unpaired) electrons. The number of nitrogens with zero attached hydrogens (tertiary/aromatic N) is 1. The van der Waals surface area contributed by atoms with Crippen molar-refractivity contribution in [2.45, 2.75) is 0 Å². The molecule has 0 aliphatic heterocycles. The molecule has 2 rings (SSSR count). The van der Waals surface area contributed by atoms with Gasteiger partial charge in [-0.15, -0.1) is 0 Å². The zero-order chi connectivity index (χ0) is 14.7. The highest BCUT2D eigenvalue weighted by molar-refractivity contribution is 6.31. The van der Waals surface area contributed by atoms with Gasteiger partial charge in [0.05, 0.1) is 22.5 Å². The zero-order valence-electron chi connectivity index (χ0n) is 10.0. The predicted molar refractivity (Wildman–Crippen MR) is 77.9 cm³/mol. The Labute approximate surface area is 125 Å². The van der Waals surface area contributed by atoms with Gasteiger partial charge >= 0.3 is 5.97 Å². The van der Waals surface area contributed by atoms with Crippen molar-refractivity contribution in [1.82, 2.24) is 0 Å². The molecule has 0 heterocycles. The number of benzene rings is 2. The van der Waals surface area contributed by atoms with Crippen molar-refractivity contribution in [3.05, 3.63) is 57.6 Å². The lowest BCUT2D eigenvalue weighted by Crippen LogP contribution is -2.03. The maximum Gasteiger partial charge on any atom is 0.337 e. The van der Waals surface area contributed by atoms with E-state index in [1.807, 2.05) is 6.07 Å². The van der Waals surface area contributed by atoms with E-state index in [0.717, 1.165) is 0 Å². The Morgan fingerprint density at radius 3 is 2.40 bits per heavy atom. The Kier molecular flexibility index (Phi) is 4.14. The molecule has 6 heteroatoms. The molecule has 0 aliphatic carbocycles. The number of nitrogens with one attached hydrogen (secondary N) is 1. The Morgan fingerprint density at radius 1 is 1.10 bits per heavy atom. The minimum atomic E-state index is -1.12. The van der Waals surface area contributed by atoms with Crippen LogP contribution in [0.25, 0.3) is 0 Å². The lowest BCUT2D eigenvalue weighted by atomic mass is 10.1. The van der Waals surface area contributed by atoms with Crippen LogP contribution in [-0.4, -0.2) is 11.1 Å². The second-order valence-corrected chi connectivity index (χ2v) is 4.79. The van der Waals surface area contributed by atoms with Crippen LogP contribution in [0.2, 0.25) is 10.0 Å². The van der Waals surface area contributed by atoms with Crippen LogP contribution in [0.5, 0.6) is 0 Å². The minimum Gasteiger partial charge on any atom is -0.478 e. The van der Waals surface area contributed by atoms with Crippen molar-refractivity contribution in [3.63, 3.8) is 0 Å². The van der Waals surface area contributed by atoms with E-state index in [0.29, 0.717) is 27.0 Å². The van der Waals surface area contributed by atoms with Gasteiger partial charge in [0.1, 0.15) is 6.07 Å². The van der Waals surface area contributed by atoms with Gasteiger partial charge in [-0.05, 0) is 36.4 Å². The molecule has 4 nitrogen and oxygen atoms in total. The van der Waals surface area contributed by atoms with Gasteiger partial charge in [-0.2, -0.15) is 5.26 Å². The number of carboxylic acid groups (broad SMARTS) is 1. The number of halogens is 2. The fourth-order valence-corrected chi connectivity index (χ4v) is 2.01. The molecular weight excluding hydrogens is 299 g/mol. The van der Waals surface area contributed by atoms with Crippen molar-refractivity contribution in [3.8, 4) is 6.07 Å². The monoisotopic (exact) mass is 306 g/mol. The third kappa shape index (κ3) is 3.02. The quantitative estimate of drug-likeness (QED) is 0.886. The summed E-state index contributed by atoms with van der Waals surface area (Å²) in [5, 5.41) is 21.9. The van der Waals surface area contributed by atoms with Gasteiger partial charge in [0.15, 0.2) is 0 Å². The van der Waals surface area contributed by atoms with E-state index >= 15 is 0 Å². The average molecular weight is 307 g/mol. The van der Waals surface area contributed by atoms with Crippen LogP contribution in [-0.2, 0) is 0 Å². The molecule has 2 aromatic rings. The zero-order valence-corrected chi connectivity index (χ0v) is 11.5. The summed E-state index contributed by atoms with van der Waals surface area (Å²) in [6.45, 7) is 0. The van der Waals surface area contributed by atoms with Gasteiger partial charge in [-0.25, -0.2) is 4.79 Å². The summed E-state index contributed by atoms with van der Waals surface area (Å²) in [6, 6.07) is 11.1.